The fourth-order valence-electron chi connectivity index (χ4n) is 7.02. The summed E-state index contributed by atoms with van der Waals surface area (Å²) >= 11 is 0. The molecular weight excluding hydrogens is 805 g/mol. The monoisotopic (exact) mass is 903 g/mol. The van der Waals surface area contributed by atoms with Crippen LogP contribution in [0.2, 0.25) is 0 Å². The molecule has 0 amide bonds. The summed E-state index contributed by atoms with van der Waals surface area (Å²) in [5.74, 6) is -0.968. The van der Waals surface area contributed by atoms with Crippen LogP contribution in [0.15, 0.2) is 97.2 Å². The van der Waals surface area contributed by atoms with Crippen molar-refractivity contribution in [3.8, 4) is 0 Å². The molecule has 0 N–H and O–H groups in total. The highest BCUT2D eigenvalue weighted by molar-refractivity contribution is 5.71. The van der Waals surface area contributed by atoms with Crippen molar-refractivity contribution in [3.05, 3.63) is 97.2 Å². The van der Waals surface area contributed by atoms with Crippen LogP contribution in [0, 0.1) is 0 Å². The van der Waals surface area contributed by atoms with Gasteiger partial charge in [0.2, 0.25) is 0 Å². The lowest BCUT2D eigenvalue weighted by atomic mass is 10.1. The van der Waals surface area contributed by atoms with E-state index in [4.69, 9.17) is 14.2 Å². The molecule has 0 aromatic carbocycles. The summed E-state index contributed by atoms with van der Waals surface area (Å²) in [6.45, 7) is 6.41. The molecule has 0 aliphatic rings. The van der Waals surface area contributed by atoms with Crippen molar-refractivity contribution in [2.45, 2.75) is 245 Å². The lowest BCUT2D eigenvalue weighted by Gasteiger charge is -2.18. The van der Waals surface area contributed by atoms with Crippen LogP contribution in [0.1, 0.15) is 239 Å². The molecule has 0 radical (unpaired) electrons. The molecule has 0 aromatic heterocycles. The van der Waals surface area contributed by atoms with E-state index in [1.807, 2.05) is 0 Å². The minimum absolute atomic E-state index is 0.102. The molecule has 1 atom stereocenters. The quantitative estimate of drug-likeness (QED) is 0.0262. The molecule has 0 aliphatic heterocycles. The number of carbonyl (C=O) groups excluding carboxylic acids is 3. The van der Waals surface area contributed by atoms with Crippen LogP contribution in [0.25, 0.3) is 0 Å². The van der Waals surface area contributed by atoms with E-state index in [9.17, 15) is 14.4 Å². The first-order chi connectivity index (χ1) is 32.0. The van der Waals surface area contributed by atoms with Crippen molar-refractivity contribution >= 4 is 17.9 Å². The Hall–Kier alpha value is -3.67. The van der Waals surface area contributed by atoms with Gasteiger partial charge in [0.05, 0.1) is 0 Å². The molecule has 0 aliphatic carbocycles. The summed E-state index contributed by atoms with van der Waals surface area (Å²) in [5, 5.41) is 0. The van der Waals surface area contributed by atoms with Crippen LogP contribution in [0.3, 0.4) is 0 Å². The first kappa shape index (κ1) is 61.3. The maximum atomic E-state index is 12.8. The first-order valence-corrected chi connectivity index (χ1v) is 26.7. The van der Waals surface area contributed by atoms with E-state index in [0.29, 0.717) is 19.3 Å². The van der Waals surface area contributed by atoms with Crippen molar-refractivity contribution in [1.29, 1.82) is 0 Å². The second-order valence-electron chi connectivity index (χ2n) is 17.4. The number of esters is 3. The normalized spacial score (nSPS) is 12.8. The Kier molecular flexibility index (Phi) is 50.0. The van der Waals surface area contributed by atoms with Crippen LogP contribution in [-0.4, -0.2) is 37.2 Å². The molecule has 0 saturated heterocycles. The molecule has 0 spiro atoms. The molecule has 6 heteroatoms. The molecule has 0 saturated carbocycles. The fraction of sp³-hybridized carbons (Fsp3) is 0.678. The molecule has 0 fully saturated rings. The van der Waals surface area contributed by atoms with Gasteiger partial charge in [0.15, 0.2) is 6.10 Å². The van der Waals surface area contributed by atoms with Crippen LogP contribution < -0.4 is 0 Å². The molecule has 0 bridgehead atoms. The van der Waals surface area contributed by atoms with E-state index in [0.717, 1.165) is 122 Å². The Morgan fingerprint density at radius 2 is 0.600 bits per heavy atom. The van der Waals surface area contributed by atoms with Crippen LogP contribution in [0.4, 0.5) is 0 Å². The highest BCUT2D eigenvalue weighted by Gasteiger charge is 2.19. The topological polar surface area (TPSA) is 78.9 Å². The van der Waals surface area contributed by atoms with Gasteiger partial charge in [0, 0.05) is 19.3 Å². The number of hydrogen-bond donors (Lipinski definition) is 0. The molecule has 6 nitrogen and oxygen atoms in total. The Morgan fingerprint density at radius 1 is 0.323 bits per heavy atom. The molecule has 0 rings (SSSR count). The summed E-state index contributed by atoms with van der Waals surface area (Å²) in [7, 11) is 0. The van der Waals surface area contributed by atoms with E-state index in [-0.39, 0.29) is 31.1 Å². The van der Waals surface area contributed by atoms with Crippen molar-refractivity contribution in [3.63, 3.8) is 0 Å². The third-order valence-corrected chi connectivity index (χ3v) is 11.0. The maximum Gasteiger partial charge on any atom is 0.306 e. The van der Waals surface area contributed by atoms with E-state index in [2.05, 4.69) is 118 Å². The standard InChI is InChI=1S/C59H98O6/c1-4-7-10-13-16-19-22-25-28-29-32-34-37-40-43-46-49-52-58(61)64-55-56(65-59(62)53-50-47-44-41-38-35-31-27-24-21-18-15-12-9-6-3)54-63-57(60)51-48-45-42-39-36-33-30-26-23-20-17-14-11-8-5-2/h9,12,16-21,25-28,30-31,36,39,56H,4-8,10-11,13-15,22-24,29,32-35,37-38,40-55H2,1-3H3/b12-9-,19-16-,20-17-,21-18-,28-25-,30-26-,31-27-,39-36-/t56-/m0/s1. The third kappa shape index (κ3) is 51.2. The lowest BCUT2D eigenvalue weighted by Crippen LogP contribution is -2.30. The Bertz CT molecular complexity index is 1310. The Labute approximate surface area is 400 Å². The van der Waals surface area contributed by atoms with Gasteiger partial charge in [-0.2, -0.15) is 0 Å². The van der Waals surface area contributed by atoms with Crippen molar-refractivity contribution in [1.82, 2.24) is 0 Å². The highest BCUT2D eigenvalue weighted by atomic mass is 16.6. The number of hydrogen-bond acceptors (Lipinski definition) is 6. The van der Waals surface area contributed by atoms with E-state index < -0.39 is 6.10 Å². The summed E-state index contributed by atoms with van der Waals surface area (Å²) in [5.41, 5.74) is 0. The van der Waals surface area contributed by atoms with Crippen LogP contribution in [0.5, 0.6) is 0 Å². The average Bonchev–Trinajstić information content (AvgIpc) is 3.30. The van der Waals surface area contributed by atoms with E-state index >= 15 is 0 Å². The van der Waals surface area contributed by atoms with Crippen molar-refractivity contribution in [2.75, 3.05) is 13.2 Å². The van der Waals surface area contributed by atoms with Crippen LogP contribution >= 0.6 is 0 Å². The third-order valence-electron chi connectivity index (χ3n) is 11.0. The number of allylic oxidation sites excluding steroid dienone is 16. The zero-order chi connectivity index (χ0) is 47.2. The van der Waals surface area contributed by atoms with Gasteiger partial charge in [-0.05, 0) is 122 Å². The number of carbonyl (C=O) groups is 3. The largest absolute Gasteiger partial charge is 0.462 e. The molecule has 370 valence electrons. The second kappa shape index (κ2) is 52.9. The molecular formula is C59H98O6. The first-order valence-electron chi connectivity index (χ1n) is 26.7. The smallest absolute Gasteiger partial charge is 0.306 e. The fourth-order valence-corrected chi connectivity index (χ4v) is 7.02. The highest BCUT2D eigenvalue weighted by Crippen LogP contribution is 2.13. The minimum Gasteiger partial charge on any atom is -0.462 e. The Morgan fingerprint density at radius 3 is 0.969 bits per heavy atom. The molecule has 65 heavy (non-hydrogen) atoms. The number of rotatable bonds is 47. The van der Waals surface area contributed by atoms with Crippen molar-refractivity contribution < 1.29 is 28.6 Å². The molecule has 0 aromatic rings. The summed E-state index contributed by atoms with van der Waals surface area (Å²) in [6, 6.07) is 0. The Balaban J connectivity index is 4.49. The summed E-state index contributed by atoms with van der Waals surface area (Å²) in [6.07, 6.45) is 69.6. The van der Waals surface area contributed by atoms with Gasteiger partial charge in [0.1, 0.15) is 13.2 Å². The SMILES string of the molecule is CC/C=C\C/C=C\C/C=C\CCCCCCCC(=O)O[C@@H](COC(=O)CCCC/C=C\C/C=C\C/C=C\CCCCC)COC(=O)CCCCCCCCC/C=C\C/C=C\CCCCC. The maximum absolute atomic E-state index is 12.8. The van der Waals surface area contributed by atoms with Gasteiger partial charge in [-0.15, -0.1) is 0 Å². The van der Waals surface area contributed by atoms with Gasteiger partial charge in [-0.25, -0.2) is 0 Å². The predicted molar refractivity (Wildman–Crippen MR) is 279 cm³/mol. The minimum atomic E-state index is -0.806. The van der Waals surface area contributed by atoms with Gasteiger partial charge in [-0.3, -0.25) is 14.4 Å². The number of unbranched alkanes of at least 4 members (excludes halogenated alkanes) is 20. The van der Waals surface area contributed by atoms with Gasteiger partial charge in [0.25, 0.3) is 0 Å². The zero-order valence-corrected chi connectivity index (χ0v) is 42.2. The van der Waals surface area contributed by atoms with Gasteiger partial charge < -0.3 is 14.2 Å². The second-order valence-corrected chi connectivity index (χ2v) is 17.4. The molecule has 0 unspecified atom stereocenters. The average molecular weight is 903 g/mol. The lowest BCUT2D eigenvalue weighted by molar-refractivity contribution is -0.167. The van der Waals surface area contributed by atoms with Crippen LogP contribution in [-0.2, 0) is 28.6 Å². The molecule has 0 heterocycles. The van der Waals surface area contributed by atoms with E-state index in [1.165, 1.54) is 77.0 Å². The van der Waals surface area contributed by atoms with Crippen molar-refractivity contribution in [2.24, 2.45) is 0 Å². The number of ether oxygens (including phenoxy) is 3. The summed E-state index contributed by atoms with van der Waals surface area (Å²) < 4.78 is 16.8. The van der Waals surface area contributed by atoms with Gasteiger partial charge >= 0.3 is 17.9 Å². The summed E-state index contributed by atoms with van der Waals surface area (Å²) in [4.78, 5) is 38.0. The zero-order valence-electron chi connectivity index (χ0n) is 42.2. The van der Waals surface area contributed by atoms with E-state index in [1.54, 1.807) is 0 Å². The van der Waals surface area contributed by atoms with Gasteiger partial charge in [-0.1, -0.05) is 195 Å². The predicted octanol–water partition coefficient (Wildman–Crippen LogP) is 17.8.